The van der Waals surface area contributed by atoms with Crippen molar-refractivity contribution in [1.82, 2.24) is 0 Å². The van der Waals surface area contributed by atoms with E-state index in [-0.39, 0.29) is 18.1 Å². The number of hydrogen-bond donors (Lipinski definition) is 1. The maximum atomic E-state index is 12.4. The summed E-state index contributed by atoms with van der Waals surface area (Å²) in [5, 5.41) is 8.00. The number of carboxylic acid groups (broad SMARTS) is 1. The van der Waals surface area contributed by atoms with Gasteiger partial charge >= 0.3 is 5.97 Å². The van der Waals surface area contributed by atoms with Gasteiger partial charge in [-0.2, -0.15) is 0 Å². The lowest BCUT2D eigenvalue weighted by molar-refractivity contribution is -0.134. The summed E-state index contributed by atoms with van der Waals surface area (Å²) in [5.41, 5.74) is 0.330. The van der Waals surface area contributed by atoms with Crippen molar-refractivity contribution in [2.24, 2.45) is 0 Å². The molecule has 118 valence electrons. The lowest BCUT2D eigenvalue weighted by Crippen LogP contribution is -2.31. The molecule has 0 spiro atoms. The topological polar surface area (TPSA) is 93.1 Å². The van der Waals surface area contributed by atoms with Crippen LogP contribution in [0, 0.1) is 0 Å². The van der Waals surface area contributed by atoms with Gasteiger partial charge in [0.15, 0.2) is 0 Å². The van der Waals surface area contributed by atoms with Gasteiger partial charge in [-0.05, 0) is 12.1 Å². The van der Waals surface area contributed by atoms with Gasteiger partial charge in [0.2, 0.25) is 11.8 Å². The Kier molecular flexibility index (Phi) is 4.92. The molecule has 2 amide bonds. The quantitative estimate of drug-likeness (QED) is 0.784. The average Bonchev–Trinajstić information content (AvgIpc) is 2.78. The van der Waals surface area contributed by atoms with E-state index in [9.17, 15) is 14.4 Å². The fourth-order valence-corrected chi connectivity index (χ4v) is 2.98. The molecule has 0 radical (unpaired) electrons. The molecule has 8 heteroatoms. The van der Waals surface area contributed by atoms with Crippen molar-refractivity contribution in [1.29, 1.82) is 0 Å². The number of carbonyl (C=O) groups excluding carboxylic acids is 2. The lowest BCUT2D eigenvalue weighted by Gasteiger charge is -2.18. The van der Waals surface area contributed by atoms with E-state index in [0.29, 0.717) is 17.2 Å². The van der Waals surface area contributed by atoms with Crippen LogP contribution in [-0.4, -0.2) is 48.1 Å². The summed E-state index contributed by atoms with van der Waals surface area (Å²) in [5.74, 6) is -1.18. The van der Waals surface area contributed by atoms with E-state index >= 15 is 0 Å². The second-order valence-electron chi connectivity index (χ2n) is 4.50. The largest absolute Gasteiger partial charge is 0.497 e. The molecular weight excluding hydrogens is 310 g/mol. The number of nitrogens with zero attached hydrogens (tertiary/aromatic N) is 1. The number of benzene rings is 1. The number of thioether (sulfide) groups is 1. The van der Waals surface area contributed by atoms with Crippen LogP contribution in [-0.2, 0) is 14.4 Å². The third-order valence-corrected chi connectivity index (χ3v) is 4.33. The van der Waals surface area contributed by atoms with E-state index in [2.05, 4.69) is 0 Å². The van der Waals surface area contributed by atoms with E-state index in [0.717, 1.165) is 16.7 Å². The zero-order valence-corrected chi connectivity index (χ0v) is 12.9. The Morgan fingerprint density at radius 1 is 1.36 bits per heavy atom. The van der Waals surface area contributed by atoms with Crippen LogP contribution in [0.15, 0.2) is 18.2 Å². The van der Waals surface area contributed by atoms with Gasteiger partial charge in [-0.1, -0.05) is 0 Å². The summed E-state index contributed by atoms with van der Waals surface area (Å²) >= 11 is 0.946. The van der Waals surface area contributed by atoms with Crippen LogP contribution in [0.4, 0.5) is 5.69 Å². The third-order valence-electron chi connectivity index (χ3n) is 3.14. The van der Waals surface area contributed by atoms with Crippen molar-refractivity contribution in [3.8, 4) is 11.5 Å². The van der Waals surface area contributed by atoms with Gasteiger partial charge in [0.1, 0.15) is 11.5 Å². The number of methoxy groups -OCH3 is 2. The number of ether oxygens (including phenoxy) is 2. The summed E-state index contributed by atoms with van der Waals surface area (Å²) < 4.78 is 10.3. The molecule has 1 saturated heterocycles. The van der Waals surface area contributed by atoms with Crippen LogP contribution in [0.5, 0.6) is 11.5 Å². The third kappa shape index (κ3) is 3.16. The fourth-order valence-electron chi connectivity index (χ4n) is 2.13. The number of amides is 2. The monoisotopic (exact) mass is 325 g/mol. The molecule has 22 heavy (non-hydrogen) atoms. The first kappa shape index (κ1) is 16.2. The predicted octanol–water partition coefficient (Wildman–Crippen LogP) is 1.15. The summed E-state index contributed by atoms with van der Waals surface area (Å²) in [6.45, 7) is 0. The molecule has 2 rings (SSSR count). The Labute approximate surface area is 131 Å². The standard InChI is InChI=1S/C14H15NO6S/c1-20-8-3-4-9(10(5-8)21-2)15-12(16)6-11(14(15)19)22-7-13(17)18/h3-5,11H,6-7H2,1-2H3,(H,17,18). The second-order valence-corrected chi connectivity index (χ2v) is 5.69. The van der Waals surface area contributed by atoms with Crippen molar-refractivity contribution in [3.05, 3.63) is 18.2 Å². The van der Waals surface area contributed by atoms with E-state index in [1.165, 1.54) is 14.2 Å². The zero-order chi connectivity index (χ0) is 16.3. The van der Waals surface area contributed by atoms with E-state index in [4.69, 9.17) is 14.6 Å². The van der Waals surface area contributed by atoms with Crippen molar-refractivity contribution in [3.63, 3.8) is 0 Å². The number of imide groups is 1. The number of carboxylic acids is 1. The van der Waals surface area contributed by atoms with Gasteiger partial charge < -0.3 is 14.6 Å². The van der Waals surface area contributed by atoms with Gasteiger partial charge in [-0.25, -0.2) is 4.90 Å². The number of anilines is 1. The summed E-state index contributed by atoms with van der Waals surface area (Å²) in [4.78, 5) is 36.1. The van der Waals surface area contributed by atoms with Gasteiger partial charge in [-0.15, -0.1) is 11.8 Å². The number of rotatable bonds is 6. The highest BCUT2D eigenvalue weighted by atomic mass is 32.2. The highest BCUT2D eigenvalue weighted by Gasteiger charge is 2.41. The molecule has 1 aliphatic rings. The molecule has 0 bridgehead atoms. The first-order valence-corrected chi connectivity index (χ1v) is 7.45. The number of aliphatic carboxylic acids is 1. The van der Waals surface area contributed by atoms with Crippen molar-refractivity contribution in [2.75, 3.05) is 24.9 Å². The first-order valence-electron chi connectivity index (χ1n) is 6.40. The van der Waals surface area contributed by atoms with Crippen LogP contribution in [0.1, 0.15) is 6.42 Å². The molecule has 1 aliphatic heterocycles. The molecule has 1 N–H and O–H groups in total. The summed E-state index contributed by atoms with van der Waals surface area (Å²) in [6, 6.07) is 4.77. The van der Waals surface area contributed by atoms with Gasteiger partial charge in [-0.3, -0.25) is 14.4 Å². The van der Waals surface area contributed by atoms with Crippen LogP contribution in [0.2, 0.25) is 0 Å². The molecule has 1 atom stereocenters. The maximum absolute atomic E-state index is 12.4. The Morgan fingerprint density at radius 3 is 2.68 bits per heavy atom. The zero-order valence-electron chi connectivity index (χ0n) is 12.1. The SMILES string of the molecule is COc1ccc(N2C(=O)CC(SCC(=O)O)C2=O)c(OC)c1. The molecule has 1 unspecified atom stereocenters. The minimum atomic E-state index is -1.02. The molecule has 7 nitrogen and oxygen atoms in total. The predicted molar refractivity (Wildman–Crippen MR) is 80.5 cm³/mol. The highest BCUT2D eigenvalue weighted by molar-refractivity contribution is 8.01. The van der Waals surface area contributed by atoms with E-state index in [1.807, 2.05) is 0 Å². The number of hydrogen-bond acceptors (Lipinski definition) is 6. The molecule has 1 heterocycles. The maximum Gasteiger partial charge on any atom is 0.313 e. The van der Waals surface area contributed by atoms with Crippen LogP contribution >= 0.6 is 11.8 Å². The smallest absolute Gasteiger partial charge is 0.313 e. The molecule has 0 aromatic heterocycles. The minimum absolute atomic E-state index is 0.0219. The van der Waals surface area contributed by atoms with Gasteiger partial charge in [0, 0.05) is 12.5 Å². The van der Waals surface area contributed by atoms with E-state index in [1.54, 1.807) is 18.2 Å². The van der Waals surface area contributed by atoms with Crippen LogP contribution in [0.25, 0.3) is 0 Å². The molecule has 1 aromatic rings. The Balaban J connectivity index is 2.27. The van der Waals surface area contributed by atoms with Crippen LogP contribution in [0.3, 0.4) is 0 Å². The van der Waals surface area contributed by atoms with Crippen molar-refractivity contribution < 1.29 is 29.0 Å². The molecule has 1 aromatic carbocycles. The lowest BCUT2D eigenvalue weighted by atomic mass is 10.2. The fraction of sp³-hybridized carbons (Fsp3) is 0.357. The van der Waals surface area contributed by atoms with Gasteiger partial charge in [0.05, 0.1) is 30.9 Å². The van der Waals surface area contributed by atoms with E-state index < -0.39 is 17.1 Å². The average molecular weight is 325 g/mol. The molecule has 0 aliphatic carbocycles. The molecule has 1 fully saturated rings. The van der Waals surface area contributed by atoms with Crippen LogP contribution < -0.4 is 14.4 Å². The highest BCUT2D eigenvalue weighted by Crippen LogP contribution is 2.37. The minimum Gasteiger partial charge on any atom is -0.497 e. The Bertz CT molecular complexity index is 617. The first-order chi connectivity index (χ1) is 10.5. The van der Waals surface area contributed by atoms with Crippen molar-refractivity contribution in [2.45, 2.75) is 11.7 Å². The Hall–Kier alpha value is -2.22. The molecule has 0 saturated carbocycles. The normalized spacial score (nSPS) is 17.7. The Morgan fingerprint density at radius 2 is 2.09 bits per heavy atom. The summed E-state index contributed by atoms with van der Waals surface area (Å²) in [7, 11) is 2.93. The van der Waals surface area contributed by atoms with Gasteiger partial charge in [0.25, 0.3) is 0 Å². The van der Waals surface area contributed by atoms with Crippen molar-refractivity contribution >= 4 is 35.2 Å². The number of carbonyl (C=O) groups is 3. The summed E-state index contributed by atoms with van der Waals surface area (Å²) in [6.07, 6.45) is -0.0219. The molecular formula is C14H15NO6S. The second kappa shape index (κ2) is 6.69.